The minimum Gasteiger partial charge on any atom is -0.482 e. The summed E-state index contributed by atoms with van der Waals surface area (Å²) in [4.78, 5) is 23.5. The Morgan fingerprint density at radius 1 is 1.22 bits per heavy atom. The van der Waals surface area contributed by atoms with E-state index in [2.05, 4.69) is 5.32 Å². The fraction of sp³-hybridized carbons (Fsp3) is 0.0556. The normalized spacial score (nSPS) is 12.9. The Morgan fingerprint density at radius 3 is 2.74 bits per heavy atom. The number of allylic oxidation sites excluding steroid dienone is 1. The number of benzene rings is 2. The molecule has 0 radical (unpaired) electrons. The number of nitrogens with zero attached hydrogens (tertiary/aromatic N) is 1. The summed E-state index contributed by atoms with van der Waals surface area (Å²) < 4.78 is 5.25. The van der Waals surface area contributed by atoms with Gasteiger partial charge in [0.2, 0.25) is 0 Å². The van der Waals surface area contributed by atoms with Crippen LogP contribution in [0.3, 0.4) is 0 Å². The predicted octanol–water partition coefficient (Wildman–Crippen LogP) is 2.79. The molecule has 0 aliphatic carbocycles. The van der Waals surface area contributed by atoms with Crippen LogP contribution >= 0.6 is 0 Å². The minimum absolute atomic E-state index is 0.0150. The van der Waals surface area contributed by atoms with Crippen molar-refractivity contribution in [3.8, 4) is 11.8 Å². The molecule has 1 heterocycles. The zero-order chi connectivity index (χ0) is 16.2. The van der Waals surface area contributed by atoms with E-state index in [-0.39, 0.29) is 18.3 Å². The highest BCUT2D eigenvalue weighted by atomic mass is 16.5. The molecule has 0 aromatic heterocycles. The molecule has 5 nitrogen and oxygen atoms in total. The van der Waals surface area contributed by atoms with Crippen LogP contribution < -0.4 is 10.1 Å². The first kappa shape index (κ1) is 14.5. The van der Waals surface area contributed by atoms with Gasteiger partial charge >= 0.3 is 0 Å². The Morgan fingerprint density at radius 2 is 2.00 bits per heavy atom. The van der Waals surface area contributed by atoms with E-state index in [0.717, 1.165) is 5.56 Å². The first-order valence-electron chi connectivity index (χ1n) is 6.95. The van der Waals surface area contributed by atoms with Crippen molar-refractivity contribution < 1.29 is 14.3 Å². The lowest BCUT2D eigenvalue weighted by Gasteiger charge is -2.17. The number of hydrogen-bond donors (Lipinski definition) is 1. The average Bonchev–Trinajstić information content (AvgIpc) is 2.59. The summed E-state index contributed by atoms with van der Waals surface area (Å²) in [5.74, 6) is 0.129. The molecular weight excluding hydrogens is 292 g/mol. The highest BCUT2D eigenvalue weighted by molar-refractivity contribution is 6.08. The second-order valence-electron chi connectivity index (χ2n) is 4.98. The number of amides is 1. The van der Waals surface area contributed by atoms with Gasteiger partial charge in [-0.3, -0.25) is 9.59 Å². The van der Waals surface area contributed by atoms with Gasteiger partial charge in [0.15, 0.2) is 12.4 Å². The Labute approximate surface area is 132 Å². The molecule has 0 atom stereocenters. The molecule has 0 saturated heterocycles. The first-order chi connectivity index (χ1) is 11.2. The number of nitrogens with one attached hydrogen (secondary N) is 1. The molecule has 23 heavy (non-hydrogen) atoms. The summed E-state index contributed by atoms with van der Waals surface area (Å²) in [7, 11) is 0. The van der Waals surface area contributed by atoms with Crippen LogP contribution in [-0.4, -0.2) is 18.3 Å². The van der Waals surface area contributed by atoms with Crippen molar-refractivity contribution in [1.29, 1.82) is 5.26 Å². The zero-order valence-electron chi connectivity index (χ0n) is 12.1. The molecule has 1 amide bonds. The van der Waals surface area contributed by atoms with E-state index in [4.69, 9.17) is 10.00 Å². The Kier molecular flexibility index (Phi) is 3.89. The zero-order valence-corrected chi connectivity index (χ0v) is 12.1. The number of fused-ring (bicyclic) bond motifs is 1. The molecule has 112 valence electrons. The van der Waals surface area contributed by atoms with Crippen molar-refractivity contribution in [3.63, 3.8) is 0 Å². The first-order valence-corrected chi connectivity index (χ1v) is 6.95. The number of rotatable bonds is 3. The molecule has 1 aliphatic heterocycles. The van der Waals surface area contributed by atoms with E-state index in [1.165, 1.54) is 6.08 Å². The van der Waals surface area contributed by atoms with E-state index in [0.29, 0.717) is 22.6 Å². The minimum atomic E-state index is -0.241. The van der Waals surface area contributed by atoms with Gasteiger partial charge in [-0.1, -0.05) is 18.2 Å². The van der Waals surface area contributed by atoms with Crippen molar-refractivity contribution in [2.24, 2.45) is 0 Å². The van der Waals surface area contributed by atoms with Crippen LogP contribution in [0, 0.1) is 11.3 Å². The summed E-state index contributed by atoms with van der Waals surface area (Å²) in [6.07, 6.45) is 3.13. The number of carbonyl (C=O) groups is 2. The molecule has 1 aliphatic rings. The van der Waals surface area contributed by atoms with Gasteiger partial charge in [-0.05, 0) is 42.0 Å². The van der Waals surface area contributed by atoms with Gasteiger partial charge in [0, 0.05) is 5.56 Å². The molecule has 0 bridgehead atoms. The van der Waals surface area contributed by atoms with Crippen molar-refractivity contribution in [2.45, 2.75) is 0 Å². The van der Waals surface area contributed by atoms with Crippen LogP contribution in [0.1, 0.15) is 21.5 Å². The van der Waals surface area contributed by atoms with Gasteiger partial charge in [0.05, 0.1) is 17.3 Å². The van der Waals surface area contributed by atoms with E-state index in [1.54, 1.807) is 48.5 Å². The highest BCUT2D eigenvalue weighted by Crippen LogP contribution is 2.28. The van der Waals surface area contributed by atoms with E-state index in [9.17, 15) is 9.59 Å². The maximum atomic E-state index is 12.2. The second-order valence-corrected chi connectivity index (χ2v) is 4.98. The third-order valence-corrected chi connectivity index (χ3v) is 3.36. The summed E-state index contributed by atoms with van der Waals surface area (Å²) in [5, 5.41) is 11.4. The number of anilines is 1. The van der Waals surface area contributed by atoms with Crippen LogP contribution in [0.2, 0.25) is 0 Å². The molecule has 0 saturated carbocycles. The third-order valence-electron chi connectivity index (χ3n) is 3.36. The van der Waals surface area contributed by atoms with Gasteiger partial charge in [0.1, 0.15) is 5.75 Å². The van der Waals surface area contributed by atoms with Crippen LogP contribution in [0.4, 0.5) is 5.69 Å². The molecular formula is C18H12N2O3. The van der Waals surface area contributed by atoms with Crippen LogP contribution in [0.25, 0.3) is 6.08 Å². The SMILES string of the molecule is N#Cc1ccc(/C=C/C(=O)c2ccc3c(c2)NC(=O)CO3)cc1. The highest BCUT2D eigenvalue weighted by Gasteiger charge is 2.17. The smallest absolute Gasteiger partial charge is 0.262 e. The third kappa shape index (κ3) is 3.27. The molecule has 1 N–H and O–H groups in total. The number of carbonyl (C=O) groups excluding carboxylic acids is 2. The topological polar surface area (TPSA) is 79.2 Å². The summed E-state index contributed by atoms with van der Waals surface area (Å²) in [5.41, 5.74) is 2.35. The van der Waals surface area contributed by atoms with Gasteiger partial charge in [-0.25, -0.2) is 0 Å². The lowest BCUT2D eigenvalue weighted by atomic mass is 10.1. The number of ketones is 1. The van der Waals surface area contributed by atoms with Crippen molar-refractivity contribution in [2.75, 3.05) is 11.9 Å². The monoisotopic (exact) mass is 304 g/mol. The number of nitriles is 1. The maximum Gasteiger partial charge on any atom is 0.262 e. The molecule has 2 aromatic rings. The molecule has 3 rings (SSSR count). The molecule has 5 heteroatoms. The van der Waals surface area contributed by atoms with Crippen LogP contribution in [0.5, 0.6) is 5.75 Å². The number of ether oxygens (including phenoxy) is 1. The predicted molar refractivity (Wildman–Crippen MR) is 85.1 cm³/mol. The lowest BCUT2D eigenvalue weighted by Crippen LogP contribution is -2.25. The van der Waals surface area contributed by atoms with Crippen molar-refractivity contribution >= 4 is 23.5 Å². The van der Waals surface area contributed by atoms with E-state index < -0.39 is 0 Å². The Balaban J connectivity index is 1.77. The van der Waals surface area contributed by atoms with E-state index in [1.807, 2.05) is 6.07 Å². The fourth-order valence-electron chi connectivity index (χ4n) is 2.17. The average molecular weight is 304 g/mol. The Hall–Kier alpha value is -3.39. The van der Waals surface area contributed by atoms with Gasteiger partial charge in [-0.2, -0.15) is 5.26 Å². The molecule has 0 spiro atoms. The summed E-state index contributed by atoms with van der Waals surface area (Å²) in [6.45, 7) is -0.0150. The largest absolute Gasteiger partial charge is 0.482 e. The Bertz CT molecular complexity index is 846. The quantitative estimate of drug-likeness (QED) is 0.698. The van der Waals surface area contributed by atoms with Crippen molar-refractivity contribution in [1.82, 2.24) is 0 Å². The van der Waals surface area contributed by atoms with Crippen molar-refractivity contribution in [3.05, 3.63) is 65.2 Å². The molecule has 2 aromatic carbocycles. The maximum absolute atomic E-state index is 12.2. The molecule has 0 unspecified atom stereocenters. The van der Waals surface area contributed by atoms with Crippen LogP contribution in [0.15, 0.2) is 48.5 Å². The van der Waals surface area contributed by atoms with E-state index >= 15 is 0 Å². The lowest BCUT2D eigenvalue weighted by molar-refractivity contribution is -0.118. The molecule has 0 fully saturated rings. The van der Waals surface area contributed by atoms with Gasteiger partial charge < -0.3 is 10.1 Å². The summed E-state index contributed by atoms with van der Waals surface area (Å²) >= 11 is 0. The number of hydrogen-bond acceptors (Lipinski definition) is 4. The van der Waals surface area contributed by atoms with Gasteiger partial charge in [-0.15, -0.1) is 0 Å². The second kappa shape index (κ2) is 6.16. The fourth-order valence-corrected chi connectivity index (χ4v) is 2.17. The standard InChI is InChI=1S/C18H12N2O3/c19-10-13-3-1-12(2-4-13)5-7-16(21)14-6-8-17-15(9-14)20-18(22)11-23-17/h1-9H,11H2,(H,20,22)/b7-5+. The van der Waals surface area contributed by atoms with Gasteiger partial charge in [0.25, 0.3) is 5.91 Å². The van der Waals surface area contributed by atoms with Crippen LogP contribution in [-0.2, 0) is 4.79 Å². The summed E-state index contributed by atoms with van der Waals surface area (Å²) in [6, 6.07) is 13.9.